The first-order valence-corrected chi connectivity index (χ1v) is 6.74. The molecule has 1 heterocycles. The van der Waals surface area contributed by atoms with Crippen LogP contribution >= 0.6 is 0 Å². The van der Waals surface area contributed by atoms with E-state index >= 15 is 0 Å². The molecule has 1 amide bonds. The van der Waals surface area contributed by atoms with E-state index < -0.39 is 0 Å². The van der Waals surface area contributed by atoms with Gasteiger partial charge < -0.3 is 15.7 Å². The lowest BCUT2D eigenvalue weighted by Crippen LogP contribution is -2.53. The zero-order valence-corrected chi connectivity index (χ0v) is 11.8. The van der Waals surface area contributed by atoms with E-state index in [4.69, 9.17) is 0 Å². The molecule has 2 rings (SSSR count). The number of piperidine rings is 1. The Morgan fingerprint density at radius 2 is 2.21 bits per heavy atom. The summed E-state index contributed by atoms with van der Waals surface area (Å²) < 4.78 is 0. The maximum atomic E-state index is 12.4. The third kappa shape index (κ3) is 3.07. The monoisotopic (exact) mass is 262 g/mol. The molecule has 1 unspecified atom stereocenters. The van der Waals surface area contributed by atoms with Crippen LogP contribution in [0.5, 0.6) is 5.75 Å². The summed E-state index contributed by atoms with van der Waals surface area (Å²) in [7, 11) is 0. The van der Waals surface area contributed by atoms with Crippen molar-refractivity contribution in [1.82, 2.24) is 5.32 Å². The fraction of sp³-hybridized carbons (Fsp3) is 0.533. The second-order valence-corrected chi connectivity index (χ2v) is 5.97. The van der Waals surface area contributed by atoms with Crippen LogP contribution in [-0.2, 0) is 4.79 Å². The number of phenolic OH excluding ortho intramolecular Hbond substituents is 1. The van der Waals surface area contributed by atoms with Gasteiger partial charge in [-0.25, -0.2) is 0 Å². The zero-order valence-electron chi connectivity index (χ0n) is 11.8. The first-order valence-electron chi connectivity index (χ1n) is 6.74. The van der Waals surface area contributed by atoms with Gasteiger partial charge in [0.2, 0.25) is 5.91 Å². The van der Waals surface area contributed by atoms with E-state index in [2.05, 4.69) is 24.5 Å². The molecule has 104 valence electrons. The van der Waals surface area contributed by atoms with Crippen molar-refractivity contribution >= 4 is 11.6 Å². The van der Waals surface area contributed by atoms with Crippen LogP contribution in [0.25, 0.3) is 0 Å². The number of phenols is 1. The Balaban J connectivity index is 2.12. The predicted molar refractivity (Wildman–Crippen MR) is 76.3 cm³/mol. The normalized spacial score (nSPS) is 21.9. The molecule has 0 aliphatic carbocycles. The second kappa shape index (κ2) is 5.21. The van der Waals surface area contributed by atoms with Gasteiger partial charge in [-0.15, -0.1) is 0 Å². The Bertz CT molecular complexity index is 483. The Labute approximate surface area is 114 Å². The summed E-state index contributed by atoms with van der Waals surface area (Å²) in [6.45, 7) is 6.99. The van der Waals surface area contributed by atoms with Crippen molar-refractivity contribution in [1.29, 1.82) is 0 Å². The highest BCUT2D eigenvalue weighted by Gasteiger charge is 2.37. The molecule has 3 N–H and O–H groups in total. The highest BCUT2D eigenvalue weighted by atomic mass is 16.3. The highest BCUT2D eigenvalue weighted by molar-refractivity contribution is 5.96. The van der Waals surface area contributed by atoms with Crippen LogP contribution in [0.3, 0.4) is 0 Å². The van der Waals surface area contributed by atoms with E-state index in [1.165, 1.54) is 0 Å². The van der Waals surface area contributed by atoms with E-state index in [1.54, 1.807) is 18.2 Å². The van der Waals surface area contributed by atoms with Gasteiger partial charge in [-0.05, 0) is 55.5 Å². The number of aryl methyl sites for hydroxylation is 1. The Morgan fingerprint density at radius 3 is 2.84 bits per heavy atom. The van der Waals surface area contributed by atoms with Crippen LogP contribution in [0.1, 0.15) is 32.3 Å². The highest BCUT2D eigenvalue weighted by Crippen LogP contribution is 2.31. The number of nitrogens with one attached hydrogen (secondary N) is 2. The van der Waals surface area contributed by atoms with Crippen molar-refractivity contribution in [2.75, 3.05) is 11.9 Å². The average molecular weight is 262 g/mol. The first-order chi connectivity index (χ1) is 8.90. The van der Waals surface area contributed by atoms with Crippen molar-refractivity contribution in [3.05, 3.63) is 23.8 Å². The number of anilines is 1. The van der Waals surface area contributed by atoms with Gasteiger partial charge in [0.05, 0.1) is 6.04 Å². The van der Waals surface area contributed by atoms with Gasteiger partial charge in [-0.3, -0.25) is 4.79 Å². The summed E-state index contributed by atoms with van der Waals surface area (Å²) in [5, 5.41) is 15.6. The van der Waals surface area contributed by atoms with Gasteiger partial charge in [0, 0.05) is 5.69 Å². The van der Waals surface area contributed by atoms with E-state index in [-0.39, 0.29) is 23.1 Å². The molecule has 0 spiro atoms. The molecule has 1 aliphatic rings. The molecule has 1 aromatic rings. The van der Waals surface area contributed by atoms with Gasteiger partial charge in [-0.1, -0.05) is 13.8 Å². The largest absolute Gasteiger partial charge is 0.508 e. The molecular formula is C15H22N2O2. The van der Waals surface area contributed by atoms with Gasteiger partial charge in [0.15, 0.2) is 0 Å². The molecule has 19 heavy (non-hydrogen) atoms. The summed E-state index contributed by atoms with van der Waals surface area (Å²) >= 11 is 0. The Kier molecular flexibility index (Phi) is 3.80. The molecule has 1 atom stereocenters. The average Bonchev–Trinajstić information content (AvgIpc) is 2.32. The summed E-state index contributed by atoms with van der Waals surface area (Å²) in [4.78, 5) is 12.4. The molecule has 1 saturated heterocycles. The molecule has 0 bridgehead atoms. The number of carbonyl (C=O) groups is 1. The summed E-state index contributed by atoms with van der Waals surface area (Å²) in [6.07, 6.45) is 2.15. The van der Waals surface area contributed by atoms with Gasteiger partial charge >= 0.3 is 0 Å². The van der Waals surface area contributed by atoms with Crippen molar-refractivity contribution in [2.24, 2.45) is 5.41 Å². The number of rotatable bonds is 2. The van der Waals surface area contributed by atoms with Gasteiger partial charge in [0.1, 0.15) is 5.75 Å². The fourth-order valence-corrected chi connectivity index (χ4v) is 2.65. The molecule has 0 aromatic heterocycles. The molecular weight excluding hydrogens is 240 g/mol. The van der Waals surface area contributed by atoms with Crippen LogP contribution in [0.15, 0.2) is 18.2 Å². The molecule has 1 aliphatic heterocycles. The van der Waals surface area contributed by atoms with E-state index in [9.17, 15) is 9.90 Å². The Morgan fingerprint density at radius 1 is 1.47 bits per heavy atom. The van der Waals surface area contributed by atoms with Crippen molar-refractivity contribution in [3.8, 4) is 5.75 Å². The molecule has 1 aromatic carbocycles. The van der Waals surface area contributed by atoms with E-state index in [0.29, 0.717) is 0 Å². The lowest BCUT2D eigenvalue weighted by Gasteiger charge is -2.38. The molecule has 1 fully saturated rings. The van der Waals surface area contributed by atoms with Crippen LogP contribution in [0.2, 0.25) is 0 Å². The van der Waals surface area contributed by atoms with Crippen LogP contribution in [-0.4, -0.2) is 23.6 Å². The number of aromatic hydroxyl groups is 1. The van der Waals surface area contributed by atoms with Gasteiger partial charge in [-0.2, -0.15) is 0 Å². The third-order valence-electron chi connectivity index (χ3n) is 3.86. The Hall–Kier alpha value is -1.55. The number of hydrogen-bond donors (Lipinski definition) is 3. The number of benzene rings is 1. The van der Waals surface area contributed by atoms with Crippen LogP contribution in [0, 0.1) is 12.3 Å². The fourth-order valence-electron chi connectivity index (χ4n) is 2.65. The smallest absolute Gasteiger partial charge is 0.242 e. The summed E-state index contributed by atoms with van der Waals surface area (Å²) in [6, 6.07) is 4.80. The van der Waals surface area contributed by atoms with Crippen molar-refractivity contribution < 1.29 is 9.90 Å². The standard InChI is InChI=1S/C15H22N2O2/c1-10-9-11(18)5-6-12(10)17-14(19)13-15(2,3)7-4-8-16-13/h5-6,9,13,16,18H,4,7-8H2,1-3H3,(H,17,19). The SMILES string of the molecule is Cc1cc(O)ccc1NC(=O)C1NCCCC1(C)C. The number of carbonyl (C=O) groups excluding carboxylic acids is 1. The van der Waals surface area contributed by atoms with Gasteiger partial charge in [0.25, 0.3) is 0 Å². The molecule has 4 heteroatoms. The summed E-state index contributed by atoms with van der Waals surface area (Å²) in [5.41, 5.74) is 1.58. The van der Waals surface area contributed by atoms with Crippen molar-refractivity contribution in [2.45, 2.75) is 39.7 Å². The minimum absolute atomic E-state index is 0.00140. The minimum Gasteiger partial charge on any atom is -0.508 e. The minimum atomic E-state index is -0.172. The third-order valence-corrected chi connectivity index (χ3v) is 3.86. The number of hydrogen-bond acceptors (Lipinski definition) is 3. The first kappa shape index (κ1) is 13.9. The quantitative estimate of drug-likeness (QED) is 0.717. The second-order valence-electron chi connectivity index (χ2n) is 5.97. The lowest BCUT2D eigenvalue weighted by molar-refractivity contribution is -0.121. The van der Waals surface area contributed by atoms with Crippen LogP contribution < -0.4 is 10.6 Å². The predicted octanol–water partition coefficient (Wildman–Crippen LogP) is 2.42. The topological polar surface area (TPSA) is 61.4 Å². The zero-order chi connectivity index (χ0) is 14.0. The maximum absolute atomic E-state index is 12.4. The van der Waals surface area contributed by atoms with Crippen LogP contribution in [0.4, 0.5) is 5.69 Å². The lowest BCUT2D eigenvalue weighted by atomic mass is 9.77. The maximum Gasteiger partial charge on any atom is 0.242 e. The van der Waals surface area contributed by atoms with E-state index in [0.717, 1.165) is 30.6 Å². The number of amides is 1. The summed E-state index contributed by atoms with van der Waals surface area (Å²) in [5.74, 6) is 0.213. The molecule has 4 nitrogen and oxygen atoms in total. The van der Waals surface area contributed by atoms with E-state index in [1.807, 2.05) is 6.92 Å². The van der Waals surface area contributed by atoms with Crippen molar-refractivity contribution in [3.63, 3.8) is 0 Å². The molecule has 0 saturated carbocycles. The molecule has 0 radical (unpaired) electrons.